The van der Waals surface area contributed by atoms with Gasteiger partial charge in [-0.25, -0.2) is 0 Å². The summed E-state index contributed by atoms with van der Waals surface area (Å²) in [5.41, 5.74) is 2.25. The fraction of sp³-hybridized carbons (Fsp3) is 0.0667. The van der Waals surface area contributed by atoms with E-state index in [0.29, 0.717) is 4.88 Å². The van der Waals surface area contributed by atoms with Crippen LogP contribution >= 0.6 is 11.3 Å². The van der Waals surface area contributed by atoms with Crippen molar-refractivity contribution in [2.45, 2.75) is 6.42 Å². The number of carbonyl (C=O) groups excluding carboxylic acids is 1. The number of aliphatic hydroxyl groups excluding tert-OH is 1. The van der Waals surface area contributed by atoms with Gasteiger partial charge in [0.2, 0.25) is 5.82 Å². The van der Waals surface area contributed by atoms with Crippen LogP contribution in [0, 0.1) is 0 Å². The number of hydrogen-bond acceptors (Lipinski definition) is 6. The highest BCUT2D eigenvalue weighted by Crippen LogP contribution is 2.20. The summed E-state index contributed by atoms with van der Waals surface area (Å²) in [6.45, 7) is 0. The lowest BCUT2D eigenvalue weighted by Crippen LogP contribution is -1.95. The minimum Gasteiger partial charge on any atom is -0.504 e. The number of aliphatic hydroxyl groups is 1. The Morgan fingerprint density at radius 2 is 2.09 bits per heavy atom. The van der Waals surface area contributed by atoms with Gasteiger partial charge in [0.05, 0.1) is 4.88 Å². The molecule has 3 aromatic rings. The van der Waals surface area contributed by atoms with E-state index in [1.165, 1.54) is 16.9 Å². The molecule has 0 amide bonds. The molecule has 1 aromatic carbocycles. The zero-order chi connectivity index (χ0) is 15.4. The fourth-order valence-electron chi connectivity index (χ4n) is 1.96. The molecule has 0 fully saturated rings. The van der Waals surface area contributed by atoms with Crippen molar-refractivity contribution < 1.29 is 9.90 Å². The molecule has 22 heavy (non-hydrogen) atoms. The summed E-state index contributed by atoms with van der Waals surface area (Å²) in [6.07, 6.45) is 1.87. The second kappa shape index (κ2) is 6.31. The first-order valence-electron chi connectivity index (χ1n) is 6.52. The first kappa shape index (κ1) is 14.2. The highest BCUT2D eigenvalue weighted by atomic mass is 32.1. The summed E-state index contributed by atoms with van der Waals surface area (Å²) in [5.74, 6) is -0.599. The number of tetrazole rings is 1. The van der Waals surface area contributed by atoms with Gasteiger partial charge < -0.3 is 5.11 Å². The molecule has 2 heterocycles. The van der Waals surface area contributed by atoms with E-state index >= 15 is 0 Å². The lowest BCUT2D eigenvalue weighted by atomic mass is 10.1. The number of H-pyrrole nitrogens is 1. The maximum Gasteiger partial charge on any atom is 0.239 e. The molecule has 2 aromatic heterocycles. The number of carbonyl (C=O) groups is 1. The van der Waals surface area contributed by atoms with Crippen molar-refractivity contribution in [2.24, 2.45) is 0 Å². The maximum atomic E-state index is 12.1. The smallest absolute Gasteiger partial charge is 0.239 e. The first-order valence-corrected chi connectivity index (χ1v) is 7.40. The third-order valence-electron chi connectivity index (χ3n) is 2.99. The molecule has 0 unspecified atom stereocenters. The van der Waals surface area contributed by atoms with Crippen LogP contribution in [0.4, 0.5) is 0 Å². The number of nitrogens with one attached hydrogen (secondary N) is 1. The number of ketones is 1. The summed E-state index contributed by atoms with van der Waals surface area (Å²) >= 11 is 1.35. The highest BCUT2D eigenvalue weighted by Gasteiger charge is 2.11. The van der Waals surface area contributed by atoms with Crippen LogP contribution in [0.15, 0.2) is 47.9 Å². The van der Waals surface area contributed by atoms with Gasteiger partial charge >= 0.3 is 0 Å². The van der Waals surface area contributed by atoms with Crippen molar-refractivity contribution in [1.82, 2.24) is 20.6 Å². The Kier molecular flexibility index (Phi) is 4.06. The van der Waals surface area contributed by atoms with Gasteiger partial charge in [0, 0.05) is 6.08 Å². The standard InChI is InChI=1S/C15H12N4O2S/c20-12(8-13(21)15-16-18-19-17-15)14-7-11(9-22-14)6-10-4-2-1-3-5-10/h1-5,7-9,21H,6H2,(H,16,17,18,19). The topological polar surface area (TPSA) is 91.8 Å². The summed E-state index contributed by atoms with van der Waals surface area (Å²) in [7, 11) is 0. The van der Waals surface area contributed by atoms with Crippen molar-refractivity contribution in [3.8, 4) is 0 Å². The second-order valence-electron chi connectivity index (χ2n) is 4.61. The fourth-order valence-corrected chi connectivity index (χ4v) is 2.78. The second-order valence-corrected chi connectivity index (χ2v) is 5.52. The first-order chi connectivity index (χ1) is 10.7. The number of thiophene rings is 1. The largest absolute Gasteiger partial charge is 0.504 e. The molecule has 0 bridgehead atoms. The number of nitrogens with zero attached hydrogens (tertiary/aromatic N) is 3. The van der Waals surface area contributed by atoms with Crippen LogP contribution in [-0.2, 0) is 6.42 Å². The van der Waals surface area contributed by atoms with E-state index in [4.69, 9.17) is 0 Å². The van der Waals surface area contributed by atoms with Crippen LogP contribution in [0.2, 0.25) is 0 Å². The minimum atomic E-state index is -0.309. The Hall–Kier alpha value is -2.80. The molecule has 0 spiro atoms. The number of rotatable bonds is 5. The summed E-state index contributed by atoms with van der Waals surface area (Å²) in [4.78, 5) is 12.7. The molecular formula is C15H12N4O2S. The van der Waals surface area contributed by atoms with Crippen molar-refractivity contribution >= 4 is 22.9 Å². The monoisotopic (exact) mass is 312 g/mol. The number of aromatic amines is 1. The third-order valence-corrected chi connectivity index (χ3v) is 3.98. The van der Waals surface area contributed by atoms with Gasteiger partial charge in [0.15, 0.2) is 11.5 Å². The highest BCUT2D eigenvalue weighted by molar-refractivity contribution is 7.12. The van der Waals surface area contributed by atoms with Crippen molar-refractivity contribution in [3.05, 3.63) is 69.7 Å². The molecular weight excluding hydrogens is 300 g/mol. The molecule has 0 radical (unpaired) electrons. The lowest BCUT2D eigenvalue weighted by Gasteiger charge is -1.97. The molecule has 7 heteroatoms. The SMILES string of the molecule is O=C(C=C(O)c1nn[nH]n1)c1cc(Cc2ccccc2)cs1. The lowest BCUT2D eigenvalue weighted by molar-refractivity contribution is 0.104. The Morgan fingerprint density at radius 3 is 2.82 bits per heavy atom. The van der Waals surface area contributed by atoms with Gasteiger partial charge in [-0.15, -0.1) is 21.5 Å². The number of hydrogen-bond donors (Lipinski definition) is 2. The molecule has 0 atom stereocenters. The van der Waals surface area contributed by atoms with E-state index in [1.807, 2.05) is 41.8 Å². The van der Waals surface area contributed by atoms with Crippen LogP contribution < -0.4 is 0 Å². The molecule has 0 aliphatic heterocycles. The molecule has 0 aliphatic rings. The van der Waals surface area contributed by atoms with E-state index in [1.54, 1.807) is 0 Å². The quantitative estimate of drug-likeness (QED) is 0.429. The maximum absolute atomic E-state index is 12.1. The van der Waals surface area contributed by atoms with Crippen LogP contribution in [0.25, 0.3) is 5.76 Å². The Balaban J connectivity index is 1.73. The molecule has 0 aliphatic carbocycles. The van der Waals surface area contributed by atoms with Crippen molar-refractivity contribution in [3.63, 3.8) is 0 Å². The number of benzene rings is 1. The zero-order valence-electron chi connectivity index (χ0n) is 11.4. The molecule has 3 rings (SSSR count). The van der Waals surface area contributed by atoms with Crippen LogP contribution in [0.5, 0.6) is 0 Å². The van der Waals surface area contributed by atoms with Gasteiger partial charge in [-0.1, -0.05) is 30.3 Å². The summed E-state index contributed by atoms with van der Waals surface area (Å²) < 4.78 is 0. The molecule has 110 valence electrons. The van der Waals surface area contributed by atoms with E-state index in [9.17, 15) is 9.90 Å². The van der Waals surface area contributed by atoms with Gasteiger partial charge in [-0.2, -0.15) is 5.21 Å². The number of aromatic nitrogens is 4. The predicted octanol–water partition coefficient (Wildman–Crippen LogP) is 2.63. The van der Waals surface area contributed by atoms with Crippen molar-refractivity contribution in [1.29, 1.82) is 0 Å². The van der Waals surface area contributed by atoms with Crippen molar-refractivity contribution in [2.75, 3.05) is 0 Å². The Bertz CT molecular complexity index is 794. The van der Waals surface area contributed by atoms with E-state index in [2.05, 4.69) is 20.6 Å². The van der Waals surface area contributed by atoms with Gasteiger partial charge in [-0.05, 0) is 34.2 Å². The van der Waals surface area contributed by atoms with Gasteiger partial charge in [-0.3, -0.25) is 4.79 Å². The Morgan fingerprint density at radius 1 is 1.27 bits per heavy atom. The van der Waals surface area contributed by atoms with Gasteiger partial charge in [0.25, 0.3) is 0 Å². The zero-order valence-corrected chi connectivity index (χ0v) is 12.2. The minimum absolute atomic E-state index is 0.00517. The van der Waals surface area contributed by atoms with E-state index in [0.717, 1.165) is 18.1 Å². The Labute approximate surface area is 130 Å². The summed E-state index contributed by atoms with van der Waals surface area (Å²) in [5, 5.41) is 24.4. The van der Waals surface area contributed by atoms with Crippen LogP contribution in [-0.4, -0.2) is 31.5 Å². The molecule has 0 saturated carbocycles. The van der Waals surface area contributed by atoms with Gasteiger partial charge in [0.1, 0.15) is 0 Å². The average molecular weight is 312 g/mol. The molecule has 6 nitrogen and oxygen atoms in total. The average Bonchev–Trinajstić information content (AvgIpc) is 3.19. The third kappa shape index (κ3) is 3.26. The van der Waals surface area contributed by atoms with E-state index in [-0.39, 0.29) is 17.4 Å². The molecule has 0 saturated heterocycles. The normalized spacial score (nSPS) is 11.5. The van der Waals surface area contributed by atoms with Crippen LogP contribution in [0.1, 0.15) is 26.6 Å². The van der Waals surface area contributed by atoms with E-state index < -0.39 is 0 Å². The summed E-state index contributed by atoms with van der Waals surface area (Å²) in [6, 6.07) is 11.9. The van der Waals surface area contributed by atoms with Crippen LogP contribution in [0.3, 0.4) is 0 Å². The number of allylic oxidation sites excluding steroid dienone is 1. The molecule has 2 N–H and O–H groups in total. The predicted molar refractivity (Wildman–Crippen MR) is 82.7 cm³/mol.